The molecule has 156 valence electrons. The van der Waals surface area contributed by atoms with Gasteiger partial charge in [-0.1, -0.05) is 24.3 Å². The quantitative estimate of drug-likeness (QED) is 0.584. The van der Waals surface area contributed by atoms with Crippen molar-refractivity contribution in [1.82, 2.24) is 0 Å². The van der Waals surface area contributed by atoms with E-state index in [2.05, 4.69) is 15.0 Å². The molecule has 1 N–H and O–H groups in total. The SMILES string of the molecule is CC/C(C)=C/N=C1/SC(C(=O)OC)=C/C1=C(/C)Nc1ccc(OC(F)(F)F)cc1. The van der Waals surface area contributed by atoms with Crippen LogP contribution in [0.3, 0.4) is 0 Å². The predicted molar refractivity (Wildman–Crippen MR) is 109 cm³/mol. The van der Waals surface area contributed by atoms with Gasteiger partial charge in [-0.25, -0.2) is 9.79 Å². The molecule has 9 heteroatoms. The molecule has 0 saturated heterocycles. The van der Waals surface area contributed by atoms with Gasteiger partial charge in [0, 0.05) is 23.2 Å². The summed E-state index contributed by atoms with van der Waals surface area (Å²) in [6, 6.07) is 5.37. The minimum absolute atomic E-state index is 0.305. The smallest absolute Gasteiger partial charge is 0.465 e. The molecule has 1 aliphatic heterocycles. The maximum absolute atomic E-state index is 12.3. The molecule has 0 fully saturated rings. The number of nitrogens with one attached hydrogen (secondary N) is 1. The molecule has 0 saturated carbocycles. The second kappa shape index (κ2) is 9.69. The molecule has 1 aliphatic rings. The Morgan fingerprint density at radius 2 is 1.90 bits per heavy atom. The molecular weight excluding hydrogens is 405 g/mol. The van der Waals surface area contributed by atoms with E-state index in [-0.39, 0.29) is 5.75 Å². The highest BCUT2D eigenvalue weighted by Crippen LogP contribution is 2.35. The van der Waals surface area contributed by atoms with Crippen LogP contribution in [-0.4, -0.2) is 24.5 Å². The molecule has 1 aromatic rings. The summed E-state index contributed by atoms with van der Waals surface area (Å²) in [6.07, 6.45) is -0.472. The Kier molecular flexibility index (Phi) is 7.55. The number of halogens is 3. The first kappa shape index (κ1) is 22.6. The van der Waals surface area contributed by atoms with E-state index < -0.39 is 12.3 Å². The predicted octanol–water partition coefficient (Wildman–Crippen LogP) is 5.79. The van der Waals surface area contributed by atoms with Crippen molar-refractivity contribution in [2.75, 3.05) is 12.4 Å². The summed E-state index contributed by atoms with van der Waals surface area (Å²) in [7, 11) is 1.30. The zero-order chi connectivity index (χ0) is 21.6. The number of nitrogens with zero attached hydrogens (tertiary/aromatic N) is 1. The second-order valence-corrected chi connectivity index (χ2v) is 7.13. The number of thioether (sulfide) groups is 1. The van der Waals surface area contributed by atoms with E-state index in [1.54, 1.807) is 19.2 Å². The first-order valence-corrected chi connectivity index (χ1v) is 9.50. The van der Waals surface area contributed by atoms with Gasteiger partial charge >= 0.3 is 12.3 Å². The zero-order valence-electron chi connectivity index (χ0n) is 16.4. The molecule has 5 nitrogen and oxygen atoms in total. The fraction of sp³-hybridized carbons (Fsp3) is 0.300. The Morgan fingerprint density at radius 3 is 2.45 bits per heavy atom. The molecule has 0 radical (unpaired) electrons. The van der Waals surface area contributed by atoms with Crippen molar-refractivity contribution in [2.45, 2.75) is 33.6 Å². The van der Waals surface area contributed by atoms with Gasteiger partial charge in [0.2, 0.25) is 0 Å². The maximum Gasteiger partial charge on any atom is 0.573 e. The number of carbonyl (C=O) groups is 1. The van der Waals surface area contributed by atoms with Crippen molar-refractivity contribution in [2.24, 2.45) is 4.99 Å². The number of benzene rings is 1. The van der Waals surface area contributed by atoms with Crippen LogP contribution < -0.4 is 10.1 Å². The lowest BCUT2D eigenvalue weighted by Gasteiger charge is -2.12. The van der Waals surface area contributed by atoms with Gasteiger partial charge in [-0.2, -0.15) is 0 Å². The van der Waals surface area contributed by atoms with E-state index in [9.17, 15) is 18.0 Å². The zero-order valence-corrected chi connectivity index (χ0v) is 17.2. The van der Waals surface area contributed by atoms with Gasteiger partial charge in [0.25, 0.3) is 0 Å². The number of anilines is 1. The Hall–Kier alpha value is -2.68. The van der Waals surface area contributed by atoms with Crippen molar-refractivity contribution < 1.29 is 27.4 Å². The molecule has 0 amide bonds. The Bertz CT molecular complexity index is 885. The minimum Gasteiger partial charge on any atom is -0.465 e. The number of hydrogen-bond acceptors (Lipinski definition) is 6. The van der Waals surface area contributed by atoms with Crippen LogP contribution in [0.2, 0.25) is 0 Å². The average Bonchev–Trinajstić information content (AvgIpc) is 3.10. The summed E-state index contributed by atoms with van der Waals surface area (Å²) in [5, 5.41) is 3.74. The van der Waals surface area contributed by atoms with Gasteiger partial charge in [0.1, 0.15) is 10.8 Å². The largest absolute Gasteiger partial charge is 0.573 e. The first-order valence-electron chi connectivity index (χ1n) is 8.68. The van der Waals surface area contributed by atoms with Crippen molar-refractivity contribution >= 4 is 28.5 Å². The standard InChI is InChI=1S/C20H21F3N2O3S/c1-5-12(2)11-24-18-16(10-17(29-18)19(26)27-4)13(3)25-14-6-8-15(9-7-14)28-20(21,22)23/h6-11,25H,5H2,1-4H3/b12-11+,16-13+,24-18+. The number of rotatable bonds is 6. The van der Waals surface area contributed by atoms with E-state index in [0.717, 1.165) is 12.0 Å². The molecule has 0 atom stereocenters. The average molecular weight is 426 g/mol. The highest BCUT2D eigenvalue weighted by molar-refractivity contribution is 8.18. The number of hydrogen-bond donors (Lipinski definition) is 1. The van der Waals surface area contributed by atoms with Crippen LogP contribution in [0.1, 0.15) is 27.2 Å². The molecule has 29 heavy (non-hydrogen) atoms. The van der Waals surface area contributed by atoms with Gasteiger partial charge in [-0.05, 0) is 50.6 Å². The molecule has 0 unspecified atom stereocenters. The Labute approximate surface area is 171 Å². The van der Waals surface area contributed by atoms with E-state index in [1.165, 1.54) is 43.1 Å². The third kappa shape index (κ3) is 6.70. The molecule has 1 aromatic carbocycles. The molecule has 1 heterocycles. The van der Waals surface area contributed by atoms with Crippen LogP contribution in [0.5, 0.6) is 5.75 Å². The van der Waals surface area contributed by atoms with E-state index in [1.807, 2.05) is 13.8 Å². The molecule has 0 aromatic heterocycles. The lowest BCUT2D eigenvalue weighted by atomic mass is 10.2. The maximum atomic E-state index is 12.3. The fourth-order valence-electron chi connectivity index (χ4n) is 2.23. The first-order chi connectivity index (χ1) is 13.6. The van der Waals surface area contributed by atoms with Crippen molar-refractivity contribution in [3.8, 4) is 5.75 Å². The minimum atomic E-state index is -4.74. The van der Waals surface area contributed by atoms with Crippen LogP contribution in [0.15, 0.2) is 63.3 Å². The molecule has 0 aliphatic carbocycles. The van der Waals surface area contributed by atoms with Crippen LogP contribution >= 0.6 is 11.8 Å². The number of esters is 1. The summed E-state index contributed by atoms with van der Waals surface area (Å²) in [6.45, 7) is 5.76. The molecule has 0 spiro atoms. The molecular formula is C20H21F3N2O3S. The van der Waals surface area contributed by atoms with Crippen LogP contribution in [0, 0.1) is 0 Å². The summed E-state index contributed by atoms with van der Waals surface area (Å²) in [5.74, 6) is -0.768. The normalized spacial score (nSPS) is 17.8. The third-order valence-electron chi connectivity index (χ3n) is 3.88. The monoisotopic (exact) mass is 426 g/mol. The van der Waals surface area contributed by atoms with Gasteiger partial charge in [-0.3, -0.25) is 0 Å². The summed E-state index contributed by atoms with van der Waals surface area (Å²) < 4.78 is 45.5. The summed E-state index contributed by atoms with van der Waals surface area (Å²) >= 11 is 1.20. The topological polar surface area (TPSA) is 59.9 Å². The summed E-state index contributed by atoms with van der Waals surface area (Å²) in [4.78, 5) is 16.8. The summed E-state index contributed by atoms with van der Waals surface area (Å²) in [5.41, 5.74) is 3.03. The van der Waals surface area contributed by atoms with E-state index >= 15 is 0 Å². The number of alkyl halides is 3. The van der Waals surface area contributed by atoms with Crippen molar-refractivity contribution in [3.05, 3.63) is 58.3 Å². The lowest BCUT2D eigenvalue weighted by molar-refractivity contribution is -0.274. The molecule has 2 rings (SSSR count). The molecule has 0 bridgehead atoms. The Balaban J connectivity index is 2.29. The number of methoxy groups -OCH3 is 1. The van der Waals surface area contributed by atoms with Crippen LogP contribution in [0.4, 0.5) is 18.9 Å². The van der Waals surface area contributed by atoms with Gasteiger partial charge in [-0.15, -0.1) is 13.2 Å². The van der Waals surface area contributed by atoms with E-state index in [0.29, 0.717) is 26.9 Å². The van der Waals surface area contributed by atoms with E-state index in [4.69, 9.17) is 4.74 Å². The highest BCUT2D eigenvalue weighted by Gasteiger charge is 2.31. The van der Waals surface area contributed by atoms with Crippen molar-refractivity contribution in [3.63, 3.8) is 0 Å². The lowest BCUT2D eigenvalue weighted by Crippen LogP contribution is -2.17. The van der Waals surface area contributed by atoms with Gasteiger partial charge in [0.15, 0.2) is 0 Å². The highest BCUT2D eigenvalue weighted by atomic mass is 32.2. The van der Waals surface area contributed by atoms with Crippen molar-refractivity contribution in [1.29, 1.82) is 0 Å². The fourth-order valence-corrected chi connectivity index (χ4v) is 3.21. The second-order valence-electron chi connectivity index (χ2n) is 6.10. The number of carbonyl (C=O) groups excluding carboxylic acids is 1. The van der Waals surface area contributed by atoms with Crippen LogP contribution in [0.25, 0.3) is 0 Å². The Morgan fingerprint density at radius 1 is 1.24 bits per heavy atom. The number of allylic oxidation sites excluding steroid dienone is 3. The van der Waals surface area contributed by atoms with Crippen LogP contribution in [-0.2, 0) is 9.53 Å². The number of aliphatic imine (C=N–C) groups is 1. The van der Waals surface area contributed by atoms with Gasteiger partial charge < -0.3 is 14.8 Å². The third-order valence-corrected chi connectivity index (χ3v) is 4.91. The number of ether oxygens (including phenoxy) is 2. The van der Waals surface area contributed by atoms with Gasteiger partial charge in [0.05, 0.1) is 12.0 Å².